The Morgan fingerprint density at radius 2 is 2.27 bits per heavy atom. The Bertz CT molecular complexity index is 194. The fourth-order valence-corrected chi connectivity index (χ4v) is 2.04. The molecule has 0 heteroatoms. The van der Waals surface area contributed by atoms with Crippen LogP contribution in [0.25, 0.3) is 0 Å². The van der Waals surface area contributed by atoms with Crippen molar-refractivity contribution in [2.45, 2.75) is 40.0 Å². The molecule has 0 amide bonds. The van der Waals surface area contributed by atoms with Gasteiger partial charge in [0.15, 0.2) is 0 Å². The van der Waals surface area contributed by atoms with E-state index in [4.69, 9.17) is 0 Å². The largest absolute Gasteiger partial charge is 0.129 e. The van der Waals surface area contributed by atoms with E-state index in [1.165, 1.54) is 24.8 Å². The van der Waals surface area contributed by atoms with Crippen LogP contribution in [0.3, 0.4) is 0 Å². The van der Waals surface area contributed by atoms with Gasteiger partial charge >= 0.3 is 0 Å². The summed E-state index contributed by atoms with van der Waals surface area (Å²) in [5, 5.41) is 0. The minimum Gasteiger partial charge on any atom is -0.129 e. The molecule has 0 heterocycles. The van der Waals surface area contributed by atoms with E-state index in [1.807, 2.05) is 0 Å². The summed E-state index contributed by atoms with van der Waals surface area (Å²) in [5.41, 5.74) is 5.04. The van der Waals surface area contributed by atoms with E-state index in [9.17, 15) is 0 Å². The van der Waals surface area contributed by atoms with Gasteiger partial charge in [0.1, 0.15) is 0 Å². The molecule has 1 aliphatic rings. The van der Waals surface area contributed by atoms with Crippen molar-refractivity contribution in [1.29, 1.82) is 0 Å². The minimum absolute atomic E-state index is 0.510. The number of hydrogen-bond acceptors (Lipinski definition) is 0. The third-order valence-electron chi connectivity index (χ3n) is 2.98. The van der Waals surface area contributed by atoms with Crippen LogP contribution < -0.4 is 0 Å². The molecule has 62 valence electrons. The first-order valence-corrected chi connectivity index (χ1v) is 4.56. The highest BCUT2D eigenvalue weighted by Crippen LogP contribution is 2.59. The zero-order chi connectivity index (χ0) is 8.48. The summed E-state index contributed by atoms with van der Waals surface area (Å²) in [7, 11) is 0. The summed E-state index contributed by atoms with van der Waals surface area (Å²) in [6.45, 7) is 10.6. The lowest BCUT2D eigenvalue weighted by Crippen LogP contribution is -2.08. The normalized spacial score (nSPS) is 28.9. The first-order chi connectivity index (χ1) is 5.17. The summed E-state index contributed by atoms with van der Waals surface area (Å²) < 4.78 is 0. The molecule has 0 nitrogen and oxygen atoms in total. The van der Waals surface area contributed by atoms with Crippen molar-refractivity contribution in [1.82, 2.24) is 0 Å². The summed E-state index contributed by atoms with van der Waals surface area (Å²) in [6, 6.07) is 0. The topological polar surface area (TPSA) is 0 Å². The average molecular weight is 150 g/mol. The lowest BCUT2D eigenvalue weighted by Gasteiger charge is -2.17. The van der Waals surface area contributed by atoms with Gasteiger partial charge in [-0.2, -0.15) is 0 Å². The lowest BCUT2D eigenvalue weighted by atomic mass is 9.87. The summed E-state index contributed by atoms with van der Waals surface area (Å²) in [5.74, 6) is 0.770. The number of rotatable bonds is 3. The molecule has 1 unspecified atom stereocenters. The summed E-state index contributed by atoms with van der Waals surface area (Å²) in [6.07, 6.45) is 3.86. The van der Waals surface area contributed by atoms with E-state index >= 15 is 0 Å². The molecule has 0 bridgehead atoms. The van der Waals surface area contributed by atoms with Crippen LogP contribution in [-0.4, -0.2) is 0 Å². The van der Waals surface area contributed by atoms with Crippen molar-refractivity contribution in [2.24, 2.45) is 11.3 Å². The molecule has 11 heavy (non-hydrogen) atoms. The molecule has 1 atom stereocenters. The molecule has 0 aromatic heterocycles. The van der Waals surface area contributed by atoms with Crippen molar-refractivity contribution in [2.75, 3.05) is 0 Å². The van der Waals surface area contributed by atoms with E-state index in [0.717, 1.165) is 5.92 Å². The molecule has 0 radical (unpaired) electrons. The second-order valence-corrected chi connectivity index (χ2v) is 3.89. The van der Waals surface area contributed by atoms with Gasteiger partial charge in [-0.25, -0.2) is 0 Å². The van der Waals surface area contributed by atoms with E-state index in [2.05, 4.69) is 33.1 Å². The van der Waals surface area contributed by atoms with Crippen LogP contribution in [0.5, 0.6) is 0 Å². The van der Waals surface area contributed by atoms with Crippen molar-refractivity contribution >= 4 is 0 Å². The molecule has 1 fully saturated rings. The van der Waals surface area contributed by atoms with Crippen molar-refractivity contribution in [3.8, 4) is 0 Å². The third kappa shape index (κ3) is 1.28. The summed E-state index contributed by atoms with van der Waals surface area (Å²) >= 11 is 0. The predicted molar refractivity (Wildman–Crippen MR) is 49.4 cm³/mol. The van der Waals surface area contributed by atoms with Gasteiger partial charge < -0.3 is 0 Å². The first-order valence-electron chi connectivity index (χ1n) is 4.56. The molecular formula is C11H18. The zero-order valence-electron chi connectivity index (χ0n) is 7.91. The molecule has 1 rings (SSSR count). The molecule has 1 saturated carbocycles. The van der Waals surface area contributed by atoms with Crippen LogP contribution >= 0.6 is 0 Å². The smallest absolute Gasteiger partial charge is 0.00541 e. The molecule has 0 N–H and O–H groups in total. The predicted octanol–water partition coefficient (Wildman–Crippen LogP) is 3.54. The molecule has 0 aromatic rings. The maximum absolute atomic E-state index is 3.72. The highest BCUT2D eigenvalue weighted by Gasteiger charge is 2.49. The molecule has 0 saturated heterocycles. The minimum atomic E-state index is 0.510. The fourth-order valence-electron chi connectivity index (χ4n) is 2.04. The van der Waals surface area contributed by atoms with Gasteiger partial charge in [0.25, 0.3) is 0 Å². The maximum atomic E-state index is 3.72. The van der Waals surface area contributed by atoms with E-state index in [0.29, 0.717) is 5.41 Å². The highest BCUT2D eigenvalue weighted by molar-refractivity contribution is 5.32. The van der Waals surface area contributed by atoms with Crippen LogP contribution in [0, 0.1) is 11.3 Å². The summed E-state index contributed by atoms with van der Waals surface area (Å²) in [4.78, 5) is 0. The Labute approximate surface area is 70.0 Å². The zero-order valence-corrected chi connectivity index (χ0v) is 7.91. The van der Waals surface area contributed by atoms with E-state index in [-0.39, 0.29) is 0 Å². The first kappa shape index (κ1) is 8.62. The van der Waals surface area contributed by atoms with E-state index < -0.39 is 0 Å². The third-order valence-corrected chi connectivity index (χ3v) is 2.98. The molecule has 0 aliphatic heterocycles. The Morgan fingerprint density at radius 1 is 1.64 bits per heavy atom. The van der Waals surface area contributed by atoms with Gasteiger partial charge in [0, 0.05) is 5.41 Å². The van der Waals surface area contributed by atoms with Crippen molar-refractivity contribution in [3.63, 3.8) is 0 Å². The SMILES string of the molecule is C=C=C1CC1(CCC)C(C)C. The quantitative estimate of drug-likeness (QED) is 0.540. The van der Waals surface area contributed by atoms with Gasteiger partial charge in [-0.3, -0.25) is 0 Å². The number of hydrogen-bond donors (Lipinski definition) is 0. The molecule has 1 aliphatic carbocycles. The Kier molecular flexibility index (Phi) is 2.25. The van der Waals surface area contributed by atoms with Crippen molar-refractivity contribution in [3.05, 3.63) is 17.9 Å². The van der Waals surface area contributed by atoms with E-state index in [1.54, 1.807) is 0 Å². The Morgan fingerprint density at radius 3 is 2.55 bits per heavy atom. The van der Waals surface area contributed by atoms with Gasteiger partial charge in [-0.1, -0.05) is 33.8 Å². The molecule has 0 aromatic carbocycles. The second kappa shape index (κ2) is 2.87. The molecule has 0 spiro atoms. The second-order valence-electron chi connectivity index (χ2n) is 3.89. The molecular weight excluding hydrogens is 132 g/mol. The van der Waals surface area contributed by atoms with Crippen molar-refractivity contribution < 1.29 is 0 Å². The van der Waals surface area contributed by atoms with Gasteiger partial charge in [-0.05, 0) is 24.3 Å². The van der Waals surface area contributed by atoms with Crippen LogP contribution in [0.4, 0.5) is 0 Å². The van der Waals surface area contributed by atoms with Gasteiger partial charge in [0.2, 0.25) is 0 Å². The maximum Gasteiger partial charge on any atom is 0.00541 e. The Balaban J connectivity index is 2.70. The Hall–Kier alpha value is -0.480. The highest BCUT2D eigenvalue weighted by atomic mass is 14.5. The van der Waals surface area contributed by atoms with Gasteiger partial charge in [-0.15, -0.1) is 5.73 Å². The fraction of sp³-hybridized carbons (Fsp3) is 0.727. The van der Waals surface area contributed by atoms with Crippen LogP contribution in [0.2, 0.25) is 0 Å². The average Bonchev–Trinajstić information content (AvgIpc) is 2.65. The standard InChI is InChI=1S/C11H18/c1-5-7-11(9(3)4)8-10(11)6-2/h9H,2,5,7-8H2,1,3-4H3. The lowest BCUT2D eigenvalue weighted by molar-refractivity contribution is 0.350. The van der Waals surface area contributed by atoms with Gasteiger partial charge in [0.05, 0.1) is 0 Å². The number of allylic oxidation sites excluding steroid dienone is 1. The van der Waals surface area contributed by atoms with Crippen LogP contribution in [-0.2, 0) is 0 Å². The van der Waals surface area contributed by atoms with Crippen LogP contribution in [0.1, 0.15) is 40.0 Å². The van der Waals surface area contributed by atoms with Crippen LogP contribution in [0.15, 0.2) is 17.9 Å². The monoisotopic (exact) mass is 150 g/mol.